The monoisotopic (exact) mass is 369 g/mol. The summed E-state index contributed by atoms with van der Waals surface area (Å²) in [5.74, 6) is -0.933. The molecule has 4 nitrogen and oxygen atoms in total. The summed E-state index contributed by atoms with van der Waals surface area (Å²) >= 11 is 5.73. The van der Waals surface area contributed by atoms with Crippen molar-refractivity contribution in [1.82, 2.24) is 4.98 Å². The van der Waals surface area contributed by atoms with Crippen molar-refractivity contribution in [3.63, 3.8) is 0 Å². The number of aryl methyl sites for hydroxylation is 1. The fourth-order valence-electron chi connectivity index (χ4n) is 2.46. The van der Waals surface area contributed by atoms with Crippen LogP contribution >= 0.6 is 11.6 Å². The number of carbonyl (C=O) groups excluding carboxylic acids is 1. The molecule has 0 atom stereocenters. The number of hydrogen-bond donors (Lipinski definition) is 2. The Bertz CT molecular complexity index is 946. The molecule has 132 valence electrons. The predicted octanol–water partition coefficient (Wildman–Crippen LogP) is 5.05. The fourth-order valence-corrected chi connectivity index (χ4v) is 2.64. The lowest BCUT2D eigenvalue weighted by molar-refractivity contribution is 0.102. The lowest BCUT2D eigenvalue weighted by Gasteiger charge is -2.09. The Labute approximate surface area is 156 Å². The number of benzene rings is 2. The third-order valence-corrected chi connectivity index (χ3v) is 4.04. The van der Waals surface area contributed by atoms with Crippen LogP contribution in [0, 0.1) is 12.7 Å². The van der Waals surface area contributed by atoms with Gasteiger partial charge in [0.05, 0.1) is 5.02 Å². The number of nitrogens with zero attached hydrogens (tertiary/aromatic N) is 1. The Kier molecular flexibility index (Phi) is 5.49. The van der Waals surface area contributed by atoms with Crippen LogP contribution < -0.4 is 10.6 Å². The Morgan fingerprint density at radius 1 is 1.12 bits per heavy atom. The Hall–Kier alpha value is -2.92. The summed E-state index contributed by atoms with van der Waals surface area (Å²) in [4.78, 5) is 16.4. The number of halogens is 2. The van der Waals surface area contributed by atoms with Gasteiger partial charge in [-0.1, -0.05) is 41.4 Å². The summed E-state index contributed by atoms with van der Waals surface area (Å²) < 4.78 is 13.2. The molecule has 6 heteroatoms. The fraction of sp³-hybridized carbons (Fsp3) is 0.100. The van der Waals surface area contributed by atoms with Gasteiger partial charge in [0, 0.05) is 24.1 Å². The molecule has 0 bridgehead atoms. The van der Waals surface area contributed by atoms with Gasteiger partial charge in [-0.25, -0.2) is 4.39 Å². The van der Waals surface area contributed by atoms with Crippen molar-refractivity contribution in [2.75, 3.05) is 10.6 Å². The number of carbonyl (C=O) groups is 1. The van der Waals surface area contributed by atoms with Gasteiger partial charge in [-0.05, 0) is 42.8 Å². The molecule has 2 aromatic carbocycles. The molecule has 3 rings (SSSR count). The molecular weight excluding hydrogens is 353 g/mol. The lowest BCUT2D eigenvalue weighted by Crippen LogP contribution is -2.14. The highest BCUT2D eigenvalue weighted by Gasteiger charge is 2.10. The third-order valence-electron chi connectivity index (χ3n) is 3.75. The van der Waals surface area contributed by atoms with Gasteiger partial charge in [0.2, 0.25) is 0 Å². The molecule has 0 unspecified atom stereocenters. The van der Waals surface area contributed by atoms with Crippen LogP contribution in [0.5, 0.6) is 0 Å². The van der Waals surface area contributed by atoms with E-state index in [-0.39, 0.29) is 10.7 Å². The number of pyridine rings is 1. The van der Waals surface area contributed by atoms with Gasteiger partial charge in [0.15, 0.2) is 0 Å². The van der Waals surface area contributed by atoms with Crippen LogP contribution in [-0.2, 0) is 6.54 Å². The van der Waals surface area contributed by atoms with E-state index in [4.69, 9.17) is 11.6 Å². The second-order valence-corrected chi connectivity index (χ2v) is 6.26. The normalized spacial score (nSPS) is 10.4. The van der Waals surface area contributed by atoms with Crippen molar-refractivity contribution >= 4 is 28.9 Å². The Balaban J connectivity index is 1.67. The zero-order valence-corrected chi connectivity index (χ0v) is 14.8. The summed E-state index contributed by atoms with van der Waals surface area (Å²) in [6.45, 7) is 2.68. The number of hydrogen-bond acceptors (Lipinski definition) is 3. The van der Waals surface area contributed by atoms with Crippen LogP contribution in [0.3, 0.4) is 0 Å². The van der Waals surface area contributed by atoms with E-state index in [9.17, 15) is 9.18 Å². The average Bonchev–Trinajstić information content (AvgIpc) is 2.63. The van der Waals surface area contributed by atoms with Gasteiger partial charge in [-0.2, -0.15) is 0 Å². The number of aromatic nitrogens is 1. The van der Waals surface area contributed by atoms with Gasteiger partial charge in [0.1, 0.15) is 11.5 Å². The molecule has 3 aromatic rings. The van der Waals surface area contributed by atoms with Gasteiger partial charge in [0.25, 0.3) is 5.91 Å². The molecule has 26 heavy (non-hydrogen) atoms. The molecule has 1 heterocycles. The zero-order chi connectivity index (χ0) is 18.5. The minimum Gasteiger partial charge on any atom is -0.381 e. The van der Waals surface area contributed by atoms with Crippen LogP contribution in [0.1, 0.15) is 21.6 Å². The van der Waals surface area contributed by atoms with Crippen molar-refractivity contribution in [1.29, 1.82) is 0 Å². The van der Waals surface area contributed by atoms with Gasteiger partial charge in [-0.3, -0.25) is 9.78 Å². The largest absolute Gasteiger partial charge is 0.381 e. The van der Waals surface area contributed by atoms with Crippen LogP contribution in [0.15, 0.2) is 60.8 Å². The minimum absolute atomic E-state index is 0.0515. The highest BCUT2D eigenvalue weighted by molar-refractivity contribution is 6.31. The maximum absolute atomic E-state index is 13.2. The topological polar surface area (TPSA) is 54.0 Å². The predicted molar refractivity (Wildman–Crippen MR) is 102 cm³/mol. The Morgan fingerprint density at radius 2 is 1.96 bits per heavy atom. The van der Waals surface area contributed by atoms with Crippen molar-refractivity contribution in [3.05, 3.63) is 88.5 Å². The maximum Gasteiger partial charge on any atom is 0.274 e. The van der Waals surface area contributed by atoms with Crippen LogP contribution in [0.2, 0.25) is 5.02 Å². The maximum atomic E-state index is 13.2. The number of amides is 1. The summed E-state index contributed by atoms with van der Waals surface area (Å²) in [6, 6.07) is 15.6. The summed E-state index contributed by atoms with van der Waals surface area (Å²) in [6.07, 6.45) is 1.56. The summed E-state index contributed by atoms with van der Waals surface area (Å²) in [5, 5.41) is 5.88. The number of nitrogens with one attached hydrogen (secondary N) is 2. The summed E-state index contributed by atoms with van der Waals surface area (Å²) in [5.41, 5.74) is 3.77. The number of anilines is 2. The zero-order valence-electron chi connectivity index (χ0n) is 14.1. The van der Waals surface area contributed by atoms with Crippen LogP contribution in [-0.4, -0.2) is 10.9 Å². The van der Waals surface area contributed by atoms with E-state index in [1.165, 1.54) is 23.8 Å². The first kappa shape index (κ1) is 17.9. The SMILES string of the molecule is Cc1cccc(CNc2ccnc(C(=O)Nc3ccc(F)c(Cl)c3)c2)c1. The van der Waals surface area contributed by atoms with E-state index in [0.29, 0.717) is 12.2 Å². The second kappa shape index (κ2) is 7.97. The van der Waals surface area contributed by atoms with E-state index in [1.54, 1.807) is 18.3 Å². The average molecular weight is 370 g/mol. The standard InChI is InChI=1S/C20H17ClFN3O/c1-13-3-2-4-14(9-13)12-24-15-7-8-23-19(11-15)20(26)25-16-5-6-18(22)17(21)10-16/h2-11H,12H2,1H3,(H,23,24)(H,25,26). The quantitative estimate of drug-likeness (QED) is 0.662. The molecule has 0 radical (unpaired) electrons. The smallest absolute Gasteiger partial charge is 0.274 e. The van der Waals surface area contributed by atoms with Crippen molar-refractivity contribution in [2.24, 2.45) is 0 Å². The third kappa shape index (κ3) is 4.58. The molecular formula is C20H17ClFN3O. The number of rotatable bonds is 5. The van der Waals surface area contributed by atoms with Gasteiger partial charge in [-0.15, -0.1) is 0 Å². The highest BCUT2D eigenvalue weighted by atomic mass is 35.5. The first-order valence-electron chi connectivity index (χ1n) is 8.03. The summed E-state index contributed by atoms with van der Waals surface area (Å²) in [7, 11) is 0. The van der Waals surface area contributed by atoms with Gasteiger partial charge >= 0.3 is 0 Å². The van der Waals surface area contributed by atoms with Crippen molar-refractivity contribution in [2.45, 2.75) is 13.5 Å². The van der Waals surface area contributed by atoms with Gasteiger partial charge < -0.3 is 10.6 Å². The molecule has 2 N–H and O–H groups in total. The molecule has 1 amide bonds. The lowest BCUT2D eigenvalue weighted by atomic mass is 10.1. The molecule has 0 spiro atoms. The molecule has 0 aliphatic carbocycles. The van der Waals surface area contributed by atoms with Crippen LogP contribution in [0.4, 0.5) is 15.8 Å². The van der Waals surface area contributed by atoms with E-state index in [0.717, 1.165) is 11.3 Å². The molecule has 0 saturated carbocycles. The molecule has 0 aliphatic rings. The Morgan fingerprint density at radius 3 is 2.73 bits per heavy atom. The first-order valence-corrected chi connectivity index (χ1v) is 8.41. The van der Waals surface area contributed by atoms with E-state index < -0.39 is 11.7 Å². The second-order valence-electron chi connectivity index (χ2n) is 5.86. The molecule has 0 fully saturated rings. The van der Waals surface area contributed by atoms with E-state index in [1.807, 2.05) is 25.1 Å². The van der Waals surface area contributed by atoms with Crippen LogP contribution in [0.25, 0.3) is 0 Å². The molecule has 1 aromatic heterocycles. The molecule has 0 saturated heterocycles. The van der Waals surface area contributed by atoms with E-state index >= 15 is 0 Å². The van der Waals surface area contributed by atoms with E-state index in [2.05, 4.69) is 21.7 Å². The molecule has 0 aliphatic heterocycles. The minimum atomic E-state index is -0.537. The first-order chi connectivity index (χ1) is 12.5. The highest BCUT2D eigenvalue weighted by Crippen LogP contribution is 2.20. The van der Waals surface area contributed by atoms with Crippen molar-refractivity contribution in [3.8, 4) is 0 Å². The van der Waals surface area contributed by atoms with Crippen molar-refractivity contribution < 1.29 is 9.18 Å².